The topological polar surface area (TPSA) is 50.4 Å². The summed E-state index contributed by atoms with van der Waals surface area (Å²) in [5, 5.41) is 6.47. The van der Waals surface area contributed by atoms with Crippen LogP contribution in [-0.2, 0) is 4.79 Å². The second kappa shape index (κ2) is 4.94. The van der Waals surface area contributed by atoms with Crippen molar-refractivity contribution in [3.63, 3.8) is 0 Å². The lowest BCUT2D eigenvalue weighted by Crippen LogP contribution is -2.27. The molecule has 1 heterocycles. The van der Waals surface area contributed by atoms with Gasteiger partial charge < -0.3 is 15.4 Å². The third kappa shape index (κ3) is 2.23. The van der Waals surface area contributed by atoms with Gasteiger partial charge in [0.05, 0.1) is 11.6 Å². The zero-order chi connectivity index (χ0) is 12.4. The molecule has 92 valence electrons. The van der Waals surface area contributed by atoms with Gasteiger partial charge in [-0.25, -0.2) is 0 Å². The van der Waals surface area contributed by atoms with E-state index in [1.807, 2.05) is 13.8 Å². The third-order valence-electron chi connectivity index (χ3n) is 2.64. The van der Waals surface area contributed by atoms with Crippen LogP contribution in [0.15, 0.2) is 12.1 Å². The lowest BCUT2D eigenvalue weighted by molar-refractivity contribution is -0.117. The number of ether oxygens (including phenoxy) is 1. The summed E-state index contributed by atoms with van der Waals surface area (Å²) in [7, 11) is 0. The van der Waals surface area contributed by atoms with Crippen LogP contribution in [0.5, 0.6) is 5.75 Å². The Bertz CT molecular complexity index is 448. The molecule has 4 nitrogen and oxygen atoms in total. The van der Waals surface area contributed by atoms with Gasteiger partial charge in [-0.1, -0.05) is 18.5 Å². The minimum absolute atomic E-state index is 0.0495. The van der Waals surface area contributed by atoms with Gasteiger partial charge in [-0.2, -0.15) is 0 Å². The maximum absolute atomic E-state index is 11.7. The highest BCUT2D eigenvalue weighted by molar-refractivity contribution is 6.32. The van der Waals surface area contributed by atoms with Crippen LogP contribution in [0.2, 0.25) is 5.02 Å². The Balaban J connectivity index is 2.37. The average Bonchev–Trinajstić information content (AvgIpc) is 2.57. The van der Waals surface area contributed by atoms with Crippen molar-refractivity contribution in [2.45, 2.75) is 19.9 Å². The number of likely N-dealkylation sites (N-methyl/N-ethyl adjacent to an activating group) is 1. The van der Waals surface area contributed by atoms with Crippen molar-refractivity contribution in [1.82, 2.24) is 5.32 Å². The molecule has 0 fully saturated rings. The Morgan fingerprint density at radius 2 is 2.24 bits per heavy atom. The summed E-state index contributed by atoms with van der Waals surface area (Å²) < 4.78 is 5.39. The highest BCUT2D eigenvalue weighted by Gasteiger charge is 2.30. The Morgan fingerprint density at radius 3 is 2.88 bits per heavy atom. The summed E-state index contributed by atoms with van der Waals surface area (Å²) in [5.74, 6) is 0.553. The predicted molar refractivity (Wildman–Crippen MR) is 67.7 cm³/mol. The molecule has 2 rings (SSSR count). The van der Waals surface area contributed by atoms with Gasteiger partial charge in [0, 0.05) is 17.3 Å². The number of nitrogens with one attached hydrogen (secondary N) is 2. The molecule has 0 spiro atoms. The largest absolute Gasteiger partial charge is 0.492 e. The fraction of sp³-hybridized carbons (Fsp3) is 0.417. The van der Waals surface area contributed by atoms with Crippen molar-refractivity contribution in [2.75, 3.05) is 18.5 Å². The van der Waals surface area contributed by atoms with Gasteiger partial charge in [-0.15, -0.1) is 0 Å². The van der Waals surface area contributed by atoms with E-state index in [1.165, 1.54) is 0 Å². The van der Waals surface area contributed by atoms with E-state index in [9.17, 15) is 4.79 Å². The van der Waals surface area contributed by atoms with Gasteiger partial charge in [0.15, 0.2) is 0 Å². The lowest BCUT2D eigenvalue weighted by Gasteiger charge is -2.11. The van der Waals surface area contributed by atoms with Crippen LogP contribution in [0.1, 0.15) is 25.5 Å². The molecular formula is C12H15ClN2O2. The van der Waals surface area contributed by atoms with E-state index >= 15 is 0 Å². The molecule has 0 radical (unpaired) electrons. The number of benzene rings is 1. The van der Waals surface area contributed by atoms with Gasteiger partial charge in [0.1, 0.15) is 11.8 Å². The highest BCUT2D eigenvalue weighted by atomic mass is 35.5. The van der Waals surface area contributed by atoms with E-state index in [-0.39, 0.29) is 11.9 Å². The van der Waals surface area contributed by atoms with E-state index in [2.05, 4.69) is 10.6 Å². The van der Waals surface area contributed by atoms with Crippen molar-refractivity contribution in [2.24, 2.45) is 0 Å². The molecule has 1 aliphatic heterocycles. The number of fused-ring (bicyclic) bond motifs is 1. The summed E-state index contributed by atoms with van der Waals surface area (Å²) in [4.78, 5) is 11.7. The molecule has 0 aliphatic carbocycles. The van der Waals surface area contributed by atoms with Crippen LogP contribution in [0, 0.1) is 0 Å². The van der Waals surface area contributed by atoms with Gasteiger partial charge in [0.25, 0.3) is 0 Å². The summed E-state index contributed by atoms with van der Waals surface area (Å²) in [6.45, 7) is 5.12. The Kier molecular flexibility index (Phi) is 3.54. The maximum atomic E-state index is 11.7. The summed E-state index contributed by atoms with van der Waals surface area (Å²) in [5.41, 5.74) is 1.65. The monoisotopic (exact) mass is 254 g/mol. The van der Waals surface area contributed by atoms with Crippen LogP contribution in [-0.4, -0.2) is 19.1 Å². The fourth-order valence-corrected chi connectivity index (χ4v) is 2.16. The summed E-state index contributed by atoms with van der Waals surface area (Å²) in [6.07, 6.45) is 0. The molecule has 1 aromatic carbocycles. The smallest absolute Gasteiger partial charge is 0.246 e. The molecule has 1 unspecified atom stereocenters. The number of amides is 1. The molecule has 1 aliphatic rings. The quantitative estimate of drug-likeness (QED) is 0.867. The molecule has 17 heavy (non-hydrogen) atoms. The number of carbonyl (C=O) groups is 1. The molecule has 0 saturated heterocycles. The van der Waals surface area contributed by atoms with E-state index in [0.717, 1.165) is 17.8 Å². The van der Waals surface area contributed by atoms with Crippen molar-refractivity contribution < 1.29 is 9.53 Å². The summed E-state index contributed by atoms with van der Waals surface area (Å²) >= 11 is 6.11. The van der Waals surface area contributed by atoms with Gasteiger partial charge >= 0.3 is 0 Å². The SMILES string of the molecule is CCNC1C(=O)Nc2cc(OCC)c(Cl)cc21. The van der Waals surface area contributed by atoms with E-state index in [1.54, 1.807) is 12.1 Å². The molecule has 1 aromatic rings. The number of hydrogen-bond donors (Lipinski definition) is 2. The number of hydrogen-bond acceptors (Lipinski definition) is 3. The molecule has 0 saturated carbocycles. The van der Waals surface area contributed by atoms with Gasteiger partial charge in [-0.3, -0.25) is 4.79 Å². The Hall–Kier alpha value is -1.26. The predicted octanol–water partition coefficient (Wildman–Crippen LogP) is 2.34. The van der Waals surface area contributed by atoms with E-state index in [0.29, 0.717) is 17.4 Å². The standard InChI is InChI=1S/C12H15ClN2O2/c1-3-14-11-7-5-8(13)10(17-4-2)6-9(7)15-12(11)16/h5-6,11,14H,3-4H2,1-2H3,(H,15,16). The molecular weight excluding hydrogens is 240 g/mol. The molecule has 1 amide bonds. The number of anilines is 1. The normalized spacial score (nSPS) is 17.8. The zero-order valence-electron chi connectivity index (χ0n) is 9.84. The van der Waals surface area contributed by atoms with Crippen molar-refractivity contribution in [3.05, 3.63) is 22.7 Å². The molecule has 0 aromatic heterocycles. The van der Waals surface area contributed by atoms with Crippen LogP contribution in [0.25, 0.3) is 0 Å². The van der Waals surface area contributed by atoms with Crippen molar-refractivity contribution in [1.29, 1.82) is 0 Å². The van der Waals surface area contributed by atoms with Crippen LogP contribution < -0.4 is 15.4 Å². The van der Waals surface area contributed by atoms with E-state index < -0.39 is 0 Å². The average molecular weight is 255 g/mol. The first-order valence-electron chi connectivity index (χ1n) is 5.67. The maximum Gasteiger partial charge on any atom is 0.246 e. The molecule has 5 heteroatoms. The Morgan fingerprint density at radius 1 is 1.47 bits per heavy atom. The number of carbonyl (C=O) groups excluding carboxylic acids is 1. The highest BCUT2D eigenvalue weighted by Crippen LogP contribution is 2.38. The van der Waals surface area contributed by atoms with Crippen LogP contribution in [0.4, 0.5) is 5.69 Å². The van der Waals surface area contributed by atoms with Crippen molar-refractivity contribution in [3.8, 4) is 5.75 Å². The van der Waals surface area contributed by atoms with Gasteiger partial charge in [-0.05, 0) is 19.5 Å². The lowest BCUT2D eigenvalue weighted by atomic mass is 10.1. The molecule has 0 bridgehead atoms. The van der Waals surface area contributed by atoms with Crippen LogP contribution >= 0.6 is 11.6 Å². The Labute approximate surface area is 105 Å². The minimum Gasteiger partial charge on any atom is -0.492 e. The van der Waals surface area contributed by atoms with Crippen LogP contribution in [0.3, 0.4) is 0 Å². The first kappa shape index (κ1) is 12.2. The fourth-order valence-electron chi connectivity index (χ4n) is 1.93. The van der Waals surface area contributed by atoms with Crippen molar-refractivity contribution >= 4 is 23.2 Å². The first-order valence-corrected chi connectivity index (χ1v) is 6.05. The van der Waals surface area contributed by atoms with E-state index in [4.69, 9.17) is 16.3 Å². The third-order valence-corrected chi connectivity index (χ3v) is 2.94. The molecule has 2 N–H and O–H groups in total. The summed E-state index contributed by atoms with van der Waals surface area (Å²) in [6, 6.07) is 3.24. The second-order valence-corrected chi connectivity index (χ2v) is 4.19. The minimum atomic E-state index is -0.317. The zero-order valence-corrected chi connectivity index (χ0v) is 10.6. The first-order chi connectivity index (χ1) is 8.17. The number of rotatable bonds is 4. The second-order valence-electron chi connectivity index (χ2n) is 3.78. The molecule has 1 atom stereocenters. The number of halogens is 1. The van der Waals surface area contributed by atoms with Gasteiger partial charge in [0.2, 0.25) is 5.91 Å².